The van der Waals surface area contributed by atoms with Crippen LogP contribution < -0.4 is 4.90 Å². The van der Waals surface area contributed by atoms with Gasteiger partial charge in [-0.25, -0.2) is 12.8 Å². The molecule has 0 atom stereocenters. The molecule has 0 N–H and O–H groups in total. The van der Waals surface area contributed by atoms with Gasteiger partial charge in [-0.05, 0) is 42.3 Å². The largest absolute Gasteiger partial charge is 0.448 e. The molecule has 6 heteroatoms. The molecule has 0 radical (unpaired) electrons. The smallest absolute Gasteiger partial charge is 0.217 e. The molecule has 0 saturated carbocycles. The molecule has 1 aromatic heterocycles. The first-order valence-electron chi connectivity index (χ1n) is 6.25. The average molecular weight is 295 g/mol. The molecule has 4 nitrogen and oxygen atoms in total. The molecule has 3 rings (SSSR count). The molecule has 20 heavy (non-hydrogen) atoms. The Kier molecular flexibility index (Phi) is 3.05. The van der Waals surface area contributed by atoms with Gasteiger partial charge in [-0.3, -0.25) is 0 Å². The van der Waals surface area contributed by atoms with Gasteiger partial charge in [-0.1, -0.05) is 0 Å². The normalized spacial score (nSPS) is 14.6. The molecule has 1 aliphatic rings. The first kappa shape index (κ1) is 13.2. The Morgan fingerprint density at radius 1 is 1.30 bits per heavy atom. The number of nitrogens with zero attached hydrogens (tertiary/aromatic N) is 1. The summed E-state index contributed by atoms with van der Waals surface area (Å²) in [5.74, 6) is 0.352. The van der Waals surface area contributed by atoms with Gasteiger partial charge in [0, 0.05) is 18.5 Å². The molecule has 2 heterocycles. The van der Waals surface area contributed by atoms with E-state index in [0.717, 1.165) is 30.5 Å². The molecule has 0 spiro atoms. The predicted octanol–water partition coefficient (Wildman–Crippen LogP) is 2.38. The topological polar surface area (TPSA) is 50.5 Å². The second kappa shape index (κ2) is 4.63. The summed E-state index contributed by atoms with van der Waals surface area (Å²) in [5.41, 5.74) is 1.95. The van der Waals surface area contributed by atoms with Gasteiger partial charge in [0.2, 0.25) is 14.9 Å². The Bertz CT molecular complexity index is 752. The monoisotopic (exact) mass is 295 g/mol. The maximum absolute atomic E-state index is 13.1. The number of fused-ring (bicyclic) bond motifs is 1. The van der Waals surface area contributed by atoms with Gasteiger partial charge >= 0.3 is 0 Å². The molecule has 0 bridgehead atoms. The van der Waals surface area contributed by atoms with Gasteiger partial charge in [0.25, 0.3) is 0 Å². The lowest BCUT2D eigenvalue weighted by Crippen LogP contribution is -2.19. The van der Waals surface area contributed by atoms with Gasteiger partial charge < -0.3 is 9.32 Å². The van der Waals surface area contributed by atoms with E-state index < -0.39 is 9.84 Å². The van der Waals surface area contributed by atoms with Crippen molar-refractivity contribution < 1.29 is 17.2 Å². The van der Waals surface area contributed by atoms with Crippen molar-refractivity contribution in [3.63, 3.8) is 0 Å². The molecule has 106 valence electrons. The zero-order chi connectivity index (χ0) is 14.3. The second-order valence-electron chi connectivity index (χ2n) is 4.94. The summed E-state index contributed by atoms with van der Waals surface area (Å²) in [4.78, 5) is 2.06. The van der Waals surface area contributed by atoms with Crippen LogP contribution in [-0.4, -0.2) is 21.2 Å². The van der Waals surface area contributed by atoms with Crippen LogP contribution in [0.5, 0.6) is 0 Å². The van der Waals surface area contributed by atoms with Crippen LogP contribution in [0.4, 0.5) is 10.1 Å². The van der Waals surface area contributed by atoms with Crippen molar-refractivity contribution in [2.24, 2.45) is 0 Å². The van der Waals surface area contributed by atoms with Gasteiger partial charge in [-0.15, -0.1) is 0 Å². The molecule has 1 aromatic carbocycles. The summed E-state index contributed by atoms with van der Waals surface area (Å²) >= 11 is 0. The van der Waals surface area contributed by atoms with E-state index in [1.54, 1.807) is 18.2 Å². The van der Waals surface area contributed by atoms with E-state index in [1.165, 1.54) is 12.1 Å². The van der Waals surface area contributed by atoms with Crippen molar-refractivity contribution in [1.29, 1.82) is 0 Å². The van der Waals surface area contributed by atoms with E-state index in [2.05, 4.69) is 4.90 Å². The van der Waals surface area contributed by atoms with Crippen LogP contribution >= 0.6 is 0 Å². The second-order valence-corrected chi connectivity index (χ2v) is 6.88. The highest BCUT2D eigenvalue weighted by Gasteiger charge is 2.21. The van der Waals surface area contributed by atoms with Gasteiger partial charge in [0.1, 0.15) is 11.6 Å². The highest BCUT2D eigenvalue weighted by Crippen LogP contribution is 2.30. The molecular weight excluding hydrogens is 281 g/mol. The zero-order valence-electron chi connectivity index (χ0n) is 11.0. The Balaban J connectivity index is 1.82. The van der Waals surface area contributed by atoms with Crippen molar-refractivity contribution >= 4 is 15.5 Å². The Labute approximate surface area is 116 Å². The van der Waals surface area contributed by atoms with Crippen LogP contribution in [0.1, 0.15) is 11.3 Å². The quantitative estimate of drug-likeness (QED) is 0.872. The lowest BCUT2D eigenvalue weighted by atomic mass is 10.2. The Morgan fingerprint density at radius 2 is 2.10 bits per heavy atom. The average Bonchev–Trinajstić information content (AvgIpc) is 2.96. The molecule has 0 aliphatic carbocycles. The van der Waals surface area contributed by atoms with Crippen LogP contribution in [0, 0.1) is 5.82 Å². The molecule has 0 saturated heterocycles. The first-order valence-corrected chi connectivity index (χ1v) is 8.15. The number of hydrogen-bond donors (Lipinski definition) is 0. The first-order chi connectivity index (χ1) is 9.43. The summed E-state index contributed by atoms with van der Waals surface area (Å²) in [6.45, 7) is 1.25. The number of hydrogen-bond acceptors (Lipinski definition) is 4. The Hall–Kier alpha value is -1.82. The van der Waals surface area contributed by atoms with Crippen molar-refractivity contribution in [2.75, 3.05) is 17.7 Å². The number of sulfone groups is 1. The number of anilines is 1. The summed E-state index contributed by atoms with van der Waals surface area (Å²) < 4.78 is 41.2. The van der Waals surface area contributed by atoms with E-state index in [4.69, 9.17) is 4.42 Å². The number of furan rings is 1. The maximum atomic E-state index is 13.1. The Morgan fingerprint density at radius 3 is 2.80 bits per heavy atom. The summed E-state index contributed by atoms with van der Waals surface area (Å²) in [6.07, 6.45) is 1.90. The van der Waals surface area contributed by atoms with Crippen LogP contribution in [-0.2, 0) is 22.8 Å². The fraction of sp³-hybridized carbons (Fsp3) is 0.286. The van der Waals surface area contributed by atoms with Gasteiger partial charge in [0.15, 0.2) is 0 Å². The molecule has 2 aromatic rings. The zero-order valence-corrected chi connectivity index (χ0v) is 11.8. The van der Waals surface area contributed by atoms with Crippen molar-refractivity contribution in [3.8, 4) is 0 Å². The number of rotatable bonds is 3. The minimum absolute atomic E-state index is 0.0222. The molecule has 0 amide bonds. The van der Waals surface area contributed by atoms with Crippen LogP contribution in [0.25, 0.3) is 0 Å². The predicted molar refractivity (Wildman–Crippen MR) is 73.0 cm³/mol. The summed E-state index contributed by atoms with van der Waals surface area (Å²) in [6, 6.07) is 7.85. The third kappa shape index (κ3) is 2.43. The van der Waals surface area contributed by atoms with Crippen LogP contribution in [0.3, 0.4) is 0 Å². The minimum atomic E-state index is -3.32. The maximum Gasteiger partial charge on any atom is 0.217 e. The van der Waals surface area contributed by atoms with E-state index in [9.17, 15) is 12.8 Å². The third-order valence-corrected chi connectivity index (χ3v) is 4.33. The van der Waals surface area contributed by atoms with Crippen molar-refractivity contribution in [3.05, 3.63) is 47.5 Å². The molecule has 0 unspecified atom stereocenters. The number of halogens is 1. The fourth-order valence-electron chi connectivity index (χ4n) is 2.43. The summed E-state index contributed by atoms with van der Waals surface area (Å²) in [7, 11) is -3.32. The molecule has 0 fully saturated rings. The van der Waals surface area contributed by atoms with E-state index in [-0.39, 0.29) is 10.9 Å². The fourth-order valence-corrected chi connectivity index (χ4v) is 3.01. The highest BCUT2D eigenvalue weighted by molar-refractivity contribution is 7.90. The standard InChI is InChI=1S/C14H14FNO3S/c1-20(17,18)14-5-3-12(19-14)9-16-7-6-10-8-11(15)2-4-13(10)16/h2-5,8H,6-7,9H2,1H3. The lowest BCUT2D eigenvalue weighted by molar-refractivity contribution is 0.413. The lowest BCUT2D eigenvalue weighted by Gasteiger charge is -2.17. The van der Waals surface area contributed by atoms with E-state index >= 15 is 0 Å². The van der Waals surface area contributed by atoms with E-state index in [0.29, 0.717) is 12.3 Å². The van der Waals surface area contributed by atoms with Gasteiger partial charge in [0.05, 0.1) is 6.54 Å². The minimum Gasteiger partial charge on any atom is -0.448 e. The van der Waals surface area contributed by atoms with E-state index in [1.807, 2.05) is 0 Å². The van der Waals surface area contributed by atoms with Gasteiger partial charge in [-0.2, -0.15) is 0 Å². The highest BCUT2D eigenvalue weighted by atomic mass is 32.2. The number of benzene rings is 1. The van der Waals surface area contributed by atoms with Crippen molar-refractivity contribution in [2.45, 2.75) is 18.1 Å². The molecule has 1 aliphatic heterocycles. The third-order valence-electron chi connectivity index (χ3n) is 3.38. The molecular formula is C14H14FNO3S. The summed E-state index contributed by atoms with van der Waals surface area (Å²) in [5, 5.41) is -0.0222. The van der Waals surface area contributed by atoms with Crippen LogP contribution in [0.2, 0.25) is 0 Å². The SMILES string of the molecule is CS(=O)(=O)c1ccc(CN2CCc3cc(F)ccc32)o1. The van der Waals surface area contributed by atoms with Crippen molar-refractivity contribution in [1.82, 2.24) is 0 Å². The van der Waals surface area contributed by atoms with Crippen LogP contribution in [0.15, 0.2) is 39.8 Å².